The first-order valence-electron chi connectivity index (χ1n) is 11.7. The van der Waals surface area contributed by atoms with Crippen molar-refractivity contribution in [2.75, 3.05) is 5.75 Å². The normalized spacial score (nSPS) is 11.1. The second-order valence-corrected chi connectivity index (χ2v) is 10.8. The summed E-state index contributed by atoms with van der Waals surface area (Å²) in [6.07, 6.45) is 0. The number of urea groups is 1. The largest absolute Gasteiger partial charge is 0.345 e. The molecule has 0 saturated heterocycles. The molecule has 0 saturated carbocycles. The number of carbonyl (C=O) groups excluding carboxylic acids is 2. The van der Waals surface area contributed by atoms with Gasteiger partial charge in [0, 0.05) is 12.2 Å². The first-order chi connectivity index (χ1) is 18.6. The second-order valence-electron chi connectivity index (χ2n) is 8.75. The van der Waals surface area contributed by atoms with E-state index in [0.717, 1.165) is 16.7 Å². The first-order valence-corrected chi connectivity index (χ1v) is 13.6. The van der Waals surface area contributed by atoms with Crippen LogP contribution in [0.5, 0.6) is 0 Å². The van der Waals surface area contributed by atoms with Gasteiger partial charge in [0.1, 0.15) is 0 Å². The minimum atomic E-state index is -3.58. The van der Waals surface area contributed by atoms with Crippen LogP contribution in [0.25, 0.3) is 22.0 Å². The highest BCUT2D eigenvalue weighted by Crippen LogP contribution is 2.22. The van der Waals surface area contributed by atoms with Gasteiger partial charge in [0.15, 0.2) is 15.7 Å². The highest BCUT2D eigenvalue weighted by molar-refractivity contribution is 7.90. The van der Waals surface area contributed by atoms with Gasteiger partial charge in [-0.15, -0.1) is 0 Å². The molecule has 0 radical (unpaired) electrons. The number of fused-ring (bicyclic) bond motifs is 1. The molecule has 4 aromatic rings. The zero-order valence-electron chi connectivity index (χ0n) is 20.7. The summed E-state index contributed by atoms with van der Waals surface area (Å²) in [5.41, 5.74) is 5.04. The van der Waals surface area contributed by atoms with Crippen LogP contribution in [0, 0.1) is 0 Å². The third-order valence-electron chi connectivity index (χ3n) is 5.70. The van der Waals surface area contributed by atoms with Crippen molar-refractivity contribution >= 4 is 32.7 Å². The molecule has 1 heterocycles. The van der Waals surface area contributed by atoms with Crippen LogP contribution in [0.1, 0.15) is 21.7 Å². The fraction of sp³-hybridized carbons (Fsp3) is 0.111. The number of nitrogens with zero attached hydrogens (tertiary/aromatic N) is 1. The topological polar surface area (TPSA) is 176 Å². The molecule has 3 aromatic carbocycles. The number of nitrogens with two attached hydrogens (primary N) is 1. The molecule has 0 aliphatic rings. The lowest BCUT2D eigenvalue weighted by atomic mass is 10.0. The number of H-pyrrole nitrogens is 1. The summed E-state index contributed by atoms with van der Waals surface area (Å²) >= 11 is 0. The van der Waals surface area contributed by atoms with Crippen molar-refractivity contribution < 1.29 is 18.0 Å². The molecule has 11 nitrogen and oxygen atoms in total. The maximum atomic E-state index is 12.6. The number of hydrogen-bond acceptors (Lipinski definition) is 7. The summed E-state index contributed by atoms with van der Waals surface area (Å²) in [7, 11) is -3.58. The summed E-state index contributed by atoms with van der Waals surface area (Å²) in [5.74, 6) is 3.75. The molecule has 12 heteroatoms. The third kappa shape index (κ3) is 7.15. The number of nitrogens with one attached hydrogen (secondary N) is 4. The fourth-order valence-electron chi connectivity index (χ4n) is 3.92. The molecule has 0 aliphatic carbocycles. The summed E-state index contributed by atoms with van der Waals surface area (Å²) < 4.78 is 24.9. The van der Waals surface area contributed by atoms with E-state index in [0.29, 0.717) is 16.5 Å². The monoisotopic (exact) mass is 546 g/mol. The number of carbonyl (C=O) groups is 2. The van der Waals surface area contributed by atoms with Gasteiger partial charge in [0.2, 0.25) is 0 Å². The van der Waals surface area contributed by atoms with Crippen LogP contribution in [0.3, 0.4) is 0 Å². The Hall–Kier alpha value is -4.81. The van der Waals surface area contributed by atoms with Crippen LogP contribution >= 0.6 is 0 Å². The molecule has 0 fully saturated rings. The highest BCUT2D eigenvalue weighted by atomic mass is 32.2. The first kappa shape index (κ1) is 27.2. The van der Waals surface area contributed by atoms with Gasteiger partial charge < -0.3 is 15.6 Å². The Labute approximate surface area is 224 Å². The van der Waals surface area contributed by atoms with Crippen LogP contribution in [-0.2, 0) is 22.1 Å². The Bertz CT molecular complexity index is 1710. The van der Waals surface area contributed by atoms with Crippen molar-refractivity contribution in [3.63, 3.8) is 0 Å². The number of para-hydroxylation sites is 1. The lowest BCUT2D eigenvalue weighted by molar-refractivity contribution is 0.0940. The molecule has 39 heavy (non-hydrogen) atoms. The molecule has 6 N–H and O–H groups in total. The van der Waals surface area contributed by atoms with Crippen molar-refractivity contribution in [1.82, 2.24) is 26.0 Å². The van der Waals surface area contributed by atoms with Crippen molar-refractivity contribution in [3.8, 4) is 11.1 Å². The standard InChI is InChI=1S/C27H26N6O5S/c1-17(30-27(36)33-28)15-39(37,38)16-18-9-11-20(12-10-18)21-6-4-5-19(13-21)14-29-26(35)24-31-23-8-3-2-7-22(23)25(34)32-24/h2-13H,1,14-16,28H2,(H,29,35)(H2,30,33,36)(H,31,32,34). The molecule has 0 atom stereocenters. The summed E-state index contributed by atoms with van der Waals surface area (Å²) in [6, 6.07) is 20.6. The number of sulfone groups is 1. The van der Waals surface area contributed by atoms with Gasteiger partial charge >= 0.3 is 6.03 Å². The Morgan fingerprint density at radius 3 is 2.44 bits per heavy atom. The van der Waals surface area contributed by atoms with Gasteiger partial charge in [-0.2, -0.15) is 0 Å². The SMILES string of the molecule is C=C(CS(=O)(=O)Cc1ccc(-c2cccc(CNC(=O)c3nc4ccccc4c(=O)[nH]3)c2)cc1)NC(=O)NN. The van der Waals surface area contributed by atoms with E-state index in [-0.39, 0.29) is 29.4 Å². The number of hydrazine groups is 1. The van der Waals surface area contributed by atoms with E-state index in [2.05, 4.69) is 27.2 Å². The predicted octanol–water partition coefficient (Wildman–Crippen LogP) is 2.12. The molecular weight excluding hydrogens is 520 g/mol. The maximum absolute atomic E-state index is 12.6. The van der Waals surface area contributed by atoms with Crippen LogP contribution in [0.4, 0.5) is 4.79 Å². The molecular formula is C27H26N6O5S. The van der Waals surface area contributed by atoms with Gasteiger partial charge in [-0.3, -0.25) is 15.0 Å². The Kier molecular flexibility index (Phi) is 8.18. The Balaban J connectivity index is 1.39. The summed E-state index contributed by atoms with van der Waals surface area (Å²) in [6.45, 7) is 3.75. The fourth-order valence-corrected chi connectivity index (χ4v) is 5.32. The molecule has 1 aromatic heterocycles. The molecule has 0 aliphatic heterocycles. The summed E-state index contributed by atoms with van der Waals surface area (Å²) in [4.78, 5) is 42.8. The lowest BCUT2D eigenvalue weighted by Crippen LogP contribution is -2.40. The van der Waals surface area contributed by atoms with Crippen molar-refractivity contribution in [1.29, 1.82) is 0 Å². The number of benzene rings is 3. The van der Waals surface area contributed by atoms with Gasteiger partial charge in [0.25, 0.3) is 11.5 Å². The zero-order chi connectivity index (χ0) is 28.0. The van der Waals surface area contributed by atoms with Crippen molar-refractivity contribution in [3.05, 3.63) is 112 Å². The quantitative estimate of drug-likeness (QED) is 0.121. The Morgan fingerprint density at radius 1 is 0.949 bits per heavy atom. The number of rotatable bonds is 9. The molecule has 0 bridgehead atoms. The van der Waals surface area contributed by atoms with Crippen LogP contribution in [0.15, 0.2) is 89.9 Å². The Morgan fingerprint density at radius 2 is 1.69 bits per heavy atom. The van der Waals surface area contributed by atoms with Crippen molar-refractivity contribution in [2.24, 2.45) is 5.84 Å². The second kappa shape index (κ2) is 11.7. The third-order valence-corrected chi connectivity index (χ3v) is 7.26. The van der Waals surface area contributed by atoms with E-state index in [4.69, 9.17) is 5.84 Å². The lowest BCUT2D eigenvalue weighted by Gasteiger charge is -2.10. The number of hydrogen-bond donors (Lipinski definition) is 5. The van der Waals surface area contributed by atoms with Crippen molar-refractivity contribution in [2.45, 2.75) is 12.3 Å². The zero-order valence-corrected chi connectivity index (χ0v) is 21.5. The smallest absolute Gasteiger partial charge is 0.333 e. The average molecular weight is 547 g/mol. The molecule has 4 rings (SSSR count). The van der Waals surface area contributed by atoms with Crippen LogP contribution in [0.2, 0.25) is 0 Å². The van der Waals surface area contributed by atoms with Crippen LogP contribution < -0.4 is 27.5 Å². The predicted molar refractivity (Wildman–Crippen MR) is 148 cm³/mol. The van der Waals surface area contributed by atoms with E-state index in [1.165, 1.54) is 0 Å². The minimum Gasteiger partial charge on any atom is -0.345 e. The van der Waals surface area contributed by atoms with Gasteiger partial charge in [-0.1, -0.05) is 61.2 Å². The van der Waals surface area contributed by atoms with E-state index >= 15 is 0 Å². The van der Waals surface area contributed by atoms with Gasteiger partial charge in [-0.05, 0) is 40.5 Å². The van der Waals surface area contributed by atoms with Gasteiger partial charge in [-0.25, -0.2) is 24.0 Å². The molecule has 0 unspecified atom stereocenters. The average Bonchev–Trinajstić information content (AvgIpc) is 2.91. The molecule has 3 amide bonds. The van der Waals surface area contributed by atoms with Crippen LogP contribution in [-0.4, -0.2) is 36.1 Å². The van der Waals surface area contributed by atoms with Gasteiger partial charge in [0.05, 0.1) is 22.4 Å². The molecule has 200 valence electrons. The molecule has 0 spiro atoms. The minimum absolute atomic E-state index is 0.0150. The van der Waals surface area contributed by atoms with E-state index in [9.17, 15) is 22.8 Å². The number of aromatic nitrogens is 2. The highest BCUT2D eigenvalue weighted by Gasteiger charge is 2.16. The number of aromatic amines is 1. The number of amides is 3. The van der Waals surface area contributed by atoms with E-state index in [1.54, 1.807) is 48.5 Å². The van der Waals surface area contributed by atoms with E-state index in [1.807, 2.05) is 29.7 Å². The van der Waals surface area contributed by atoms with E-state index < -0.39 is 27.5 Å². The maximum Gasteiger partial charge on any atom is 0.333 e. The summed E-state index contributed by atoms with van der Waals surface area (Å²) in [5, 5.41) is 5.43.